The van der Waals surface area contributed by atoms with Crippen molar-refractivity contribution < 1.29 is 17.2 Å². The molecule has 2 N–H and O–H groups in total. The Hall–Kier alpha value is -2.35. The predicted octanol–water partition coefficient (Wildman–Crippen LogP) is 4.30. The number of sulfonamides is 1. The van der Waals surface area contributed by atoms with Gasteiger partial charge in [-0.25, -0.2) is 22.3 Å². The van der Waals surface area contributed by atoms with Crippen LogP contribution in [0.15, 0.2) is 53.6 Å². The van der Waals surface area contributed by atoms with Crippen LogP contribution in [0.25, 0.3) is 22.4 Å². The highest BCUT2D eigenvalue weighted by Gasteiger charge is 2.22. The van der Waals surface area contributed by atoms with Gasteiger partial charge < -0.3 is 0 Å². The topological polar surface area (TPSA) is 73.0 Å². The first-order valence-corrected chi connectivity index (χ1v) is 9.34. The van der Waals surface area contributed by atoms with Gasteiger partial charge >= 0.3 is 0 Å². The molecule has 3 rings (SSSR count). The molecule has 0 aliphatic rings. The first-order chi connectivity index (χ1) is 12.2. The van der Waals surface area contributed by atoms with E-state index in [1.54, 1.807) is 30.3 Å². The van der Waals surface area contributed by atoms with E-state index in [2.05, 4.69) is 4.98 Å². The fraction of sp³-hybridized carbons (Fsp3) is 0.0556. The van der Waals surface area contributed by atoms with Gasteiger partial charge in [0.05, 0.1) is 5.69 Å². The van der Waals surface area contributed by atoms with E-state index in [0.717, 1.165) is 17.7 Å². The summed E-state index contributed by atoms with van der Waals surface area (Å²) in [5, 5.41) is 5.39. The van der Waals surface area contributed by atoms with Crippen molar-refractivity contribution in [3.05, 3.63) is 70.9 Å². The molecule has 134 valence electrons. The molecular weight excluding hydrogens is 382 g/mol. The Morgan fingerprint density at radius 2 is 1.69 bits per heavy atom. The van der Waals surface area contributed by atoms with Crippen LogP contribution in [0.4, 0.5) is 8.78 Å². The Labute approximate surface area is 154 Å². The first-order valence-electron chi connectivity index (χ1n) is 7.42. The summed E-state index contributed by atoms with van der Waals surface area (Å²) in [6.45, 7) is 1.85. The number of primary sulfonamides is 1. The molecule has 0 saturated heterocycles. The van der Waals surface area contributed by atoms with Gasteiger partial charge in [-0.05, 0) is 42.3 Å². The van der Waals surface area contributed by atoms with Crippen LogP contribution in [0, 0.1) is 18.6 Å². The second-order valence-corrected chi connectivity index (χ2v) is 7.58. The summed E-state index contributed by atoms with van der Waals surface area (Å²) in [7, 11) is -4.52. The molecule has 26 heavy (non-hydrogen) atoms. The molecular formula is C18H13ClF2N2O2S. The van der Waals surface area contributed by atoms with Gasteiger partial charge in [-0.15, -0.1) is 0 Å². The van der Waals surface area contributed by atoms with E-state index >= 15 is 0 Å². The zero-order chi connectivity index (χ0) is 19.1. The summed E-state index contributed by atoms with van der Waals surface area (Å²) in [5.74, 6) is -2.53. The third-order valence-electron chi connectivity index (χ3n) is 3.85. The first kappa shape index (κ1) is 18.4. The van der Waals surface area contributed by atoms with Crippen molar-refractivity contribution in [2.24, 2.45) is 5.14 Å². The molecule has 0 amide bonds. The van der Waals surface area contributed by atoms with Gasteiger partial charge in [0.2, 0.25) is 10.0 Å². The summed E-state index contributed by atoms with van der Waals surface area (Å²) in [6, 6.07) is 10.4. The molecule has 0 unspecified atom stereocenters. The molecule has 1 heterocycles. The third-order valence-corrected chi connectivity index (χ3v) is 5.21. The van der Waals surface area contributed by atoms with E-state index in [0.29, 0.717) is 21.8 Å². The lowest BCUT2D eigenvalue weighted by Gasteiger charge is -2.12. The Kier molecular flexibility index (Phi) is 4.79. The minimum absolute atomic E-state index is 0.132. The number of rotatable bonds is 3. The number of hydrogen-bond acceptors (Lipinski definition) is 3. The summed E-state index contributed by atoms with van der Waals surface area (Å²) < 4.78 is 51.1. The zero-order valence-electron chi connectivity index (χ0n) is 13.5. The summed E-state index contributed by atoms with van der Waals surface area (Å²) in [6.07, 6.45) is 1.54. The lowest BCUT2D eigenvalue weighted by molar-refractivity contribution is 0.520. The number of benzene rings is 2. The van der Waals surface area contributed by atoms with Crippen molar-refractivity contribution in [3.8, 4) is 22.4 Å². The molecule has 2 aromatic carbocycles. The minimum Gasteiger partial charge on any atom is -0.256 e. The van der Waals surface area contributed by atoms with E-state index in [9.17, 15) is 17.2 Å². The Balaban J connectivity index is 2.22. The molecule has 0 bridgehead atoms. The monoisotopic (exact) mass is 394 g/mol. The van der Waals surface area contributed by atoms with Gasteiger partial charge in [0.15, 0.2) is 4.90 Å². The van der Waals surface area contributed by atoms with E-state index in [4.69, 9.17) is 16.7 Å². The average molecular weight is 395 g/mol. The lowest BCUT2D eigenvalue weighted by Crippen LogP contribution is -2.16. The molecule has 0 radical (unpaired) electrons. The third kappa shape index (κ3) is 3.46. The van der Waals surface area contributed by atoms with Crippen LogP contribution >= 0.6 is 11.6 Å². The SMILES string of the molecule is Cc1ccc(-c2ncccc2-c2cc(F)c(S(N)(=O)=O)c(F)c2)cc1Cl. The van der Waals surface area contributed by atoms with E-state index in [-0.39, 0.29) is 5.56 Å². The average Bonchev–Trinajstić information content (AvgIpc) is 2.55. The maximum Gasteiger partial charge on any atom is 0.243 e. The number of nitrogens with zero attached hydrogens (tertiary/aromatic N) is 1. The van der Waals surface area contributed by atoms with Crippen LogP contribution in [-0.2, 0) is 10.0 Å². The van der Waals surface area contributed by atoms with Crippen molar-refractivity contribution in [2.75, 3.05) is 0 Å². The minimum atomic E-state index is -4.52. The largest absolute Gasteiger partial charge is 0.256 e. The number of halogens is 3. The van der Waals surface area contributed by atoms with Gasteiger partial charge in [-0.3, -0.25) is 4.98 Å². The van der Waals surface area contributed by atoms with Crippen molar-refractivity contribution in [1.82, 2.24) is 4.98 Å². The van der Waals surface area contributed by atoms with Gasteiger partial charge in [-0.1, -0.05) is 29.8 Å². The molecule has 0 aliphatic carbocycles. The Morgan fingerprint density at radius 3 is 2.27 bits per heavy atom. The highest BCUT2D eigenvalue weighted by molar-refractivity contribution is 7.89. The van der Waals surface area contributed by atoms with E-state index < -0.39 is 26.6 Å². The number of aromatic nitrogens is 1. The maximum atomic E-state index is 14.2. The highest BCUT2D eigenvalue weighted by atomic mass is 35.5. The second-order valence-electron chi connectivity index (χ2n) is 5.68. The molecule has 0 spiro atoms. The van der Waals surface area contributed by atoms with Crippen molar-refractivity contribution >= 4 is 21.6 Å². The fourth-order valence-corrected chi connectivity index (χ4v) is 3.44. The number of hydrogen-bond donors (Lipinski definition) is 1. The Bertz CT molecular complexity index is 1090. The summed E-state index contributed by atoms with van der Waals surface area (Å²) >= 11 is 6.16. The highest BCUT2D eigenvalue weighted by Crippen LogP contribution is 2.34. The van der Waals surface area contributed by atoms with Gasteiger partial charge in [-0.2, -0.15) is 0 Å². The lowest BCUT2D eigenvalue weighted by atomic mass is 9.98. The quantitative estimate of drug-likeness (QED) is 0.719. The molecule has 0 aliphatic heterocycles. The van der Waals surface area contributed by atoms with Crippen LogP contribution in [0.5, 0.6) is 0 Å². The van der Waals surface area contributed by atoms with E-state index in [1.807, 2.05) is 6.92 Å². The van der Waals surface area contributed by atoms with Gasteiger partial charge in [0.1, 0.15) is 11.6 Å². The van der Waals surface area contributed by atoms with Crippen molar-refractivity contribution in [3.63, 3.8) is 0 Å². The fourth-order valence-electron chi connectivity index (χ4n) is 2.60. The van der Waals surface area contributed by atoms with Crippen LogP contribution < -0.4 is 5.14 Å². The summed E-state index contributed by atoms with van der Waals surface area (Å²) in [4.78, 5) is 3.12. The smallest absolute Gasteiger partial charge is 0.243 e. The van der Waals surface area contributed by atoms with Crippen LogP contribution in [0.1, 0.15) is 5.56 Å². The standard InChI is InChI=1S/C18H13ClF2N2O2S/c1-10-4-5-11(7-14(10)19)17-13(3-2-6-23-17)12-8-15(20)18(16(21)9-12)26(22,24)25/h2-9H,1H3,(H2,22,24,25). The predicted molar refractivity (Wildman–Crippen MR) is 96.1 cm³/mol. The number of nitrogens with two attached hydrogens (primary N) is 1. The molecule has 0 saturated carbocycles. The number of pyridine rings is 1. The second kappa shape index (κ2) is 6.75. The van der Waals surface area contributed by atoms with Crippen LogP contribution in [0.3, 0.4) is 0 Å². The molecule has 4 nitrogen and oxygen atoms in total. The van der Waals surface area contributed by atoms with Gasteiger partial charge in [0, 0.05) is 22.3 Å². The molecule has 0 fully saturated rings. The Morgan fingerprint density at radius 1 is 1.04 bits per heavy atom. The normalized spacial score (nSPS) is 11.6. The van der Waals surface area contributed by atoms with Gasteiger partial charge in [0.25, 0.3) is 0 Å². The van der Waals surface area contributed by atoms with Crippen molar-refractivity contribution in [2.45, 2.75) is 11.8 Å². The van der Waals surface area contributed by atoms with Crippen LogP contribution in [0.2, 0.25) is 5.02 Å². The van der Waals surface area contributed by atoms with Crippen molar-refractivity contribution in [1.29, 1.82) is 0 Å². The zero-order valence-corrected chi connectivity index (χ0v) is 15.1. The summed E-state index contributed by atoms with van der Waals surface area (Å²) in [5.41, 5.74) is 2.55. The van der Waals surface area contributed by atoms with Crippen LogP contribution in [-0.4, -0.2) is 13.4 Å². The molecule has 3 aromatic rings. The molecule has 1 aromatic heterocycles. The molecule has 8 heteroatoms. The maximum absolute atomic E-state index is 14.2. The number of aryl methyl sites for hydroxylation is 1. The molecule has 0 atom stereocenters. The van der Waals surface area contributed by atoms with E-state index in [1.165, 1.54) is 6.20 Å².